The van der Waals surface area contributed by atoms with E-state index in [0.29, 0.717) is 18.3 Å². The fraction of sp³-hybridized carbons (Fsp3) is 0.571. The number of likely N-dealkylation sites (N-methyl/N-ethyl adjacent to an activating group) is 1. The molecule has 0 radical (unpaired) electrons. The fourth-order valence-electron chi connectivity index (χ4n) is 2.72. The summed E-state index contributed by atoms with van der Waals surface area (Å²) in [7, 11) is 2.13. The number of nitrogens with two attached hydrogens (primary N) is 1. The predicted molar refractivity (Wildman–Crippen MR) is 79.5 cm³/mol. The van der Waals surface area contributed by atoms with Gasteiger partial charge < -0.3 is 10.6 Å². The molecule has 1 atom stereocenters. The summed E-state index contributed by atoms with van der Waals surface area (Å²) in [5, 5.41) is 10.9. The monoisotopic (exact) mass is 278 g/mol. The molecule has 6 nitrogen and oxygen atoms in total. The van der Waals surface area contributed by atoms with E-state index >= 15 is 0 Å². The van der Waals surface area contributed by atoms with Gasteiger partial charge in [-0.15, -0.1) is 0 Å². The molecule has 0 spiro atoms. The van der Waals surface area contributed by atoms with Crippen molar-refractivity contribution in [1.29, 1.82) is 0 Å². The highest BCUT2D eigenvalue weighted by molar-refractivity contribution is 5.52. The largest absolute Gasteiger partial charge is 0.398 e. The van der Waals surface area contributed by atoms with Crippen LogP contribution in [0, 0.1) is 10.1 Å². The zero-order valence-electron chi connectivity index (χ0n) is 12.1. The minimum absolute atomic E-state index is 0.105. The highest BCUT2D eigenvalue weighted by atomic mass is 16.6. The molecule has 0 bridgehead atoms. The van der Waals surface area contributed by atoms with Gasteiger partial charge in [-0.3, -0.25) is 15.0 Å². The Hall–Kier alpha value is -1.66. The van der Waals surface area contributed by atoms with E-state index in [4.69, 9.17) is 5.73 Å². The van der Waals surface area contributed by atoms with Crippen LogP contribution in [0.1, 0.15) is 18.9 Å². The number of rotatable bonds is 3. The zero-order valence-corrected chi connectivity index (χ0v) is 12.1. The van der Waals surface area contributed by atoms with Gasteiger partial charge in [-0.2, -0.15) is 0 Å². The number of nitrogen functional groups attached to an aromatic ring is 1. The first kappa shape index (κ1) is 14.7. The molecule has 1 fully saturated rings. The molecule has 1 aromatic rings. The van der Waals surface area contributed by atoms with Crippen molar-refractivity contribution in [3.05, 3.63) is 33.9 Å². The summed E-state index contributed by atoms with van der Waals surface area (Å²) in [4.78, 5) is 15.2. The molecule has 110 valence electrons. The smallest absolute Gasteiger partial charge is 0.269 e. The summed E-state index contributed by atoms with van der Waals surface area (Å²) < 4.78 is 0. The van der Waals surface area contributed by atoms with Gasteiger partial charge in [-0.1, -0.05) is 0 Å². The second kappa shape index (κ2) is 6.19. The van der Waals surface area contributed by atoms with Crippen molar-refractivity contribution in [2.45, 2.75) is 25.9 Å². The molecule has 0 aliphatic carbocycles. The quantitative estimate of drug-likeness (QED) is 0.517. The maximum Gasteiger partial charge on any atom is 0.269 e. The molecule has 1 aliphatic heterocycles. The molecule has 6 heteroatoms. The second-order valence-electron chi connectivity index (χ2n) is 5.58. The normalized spacial score (nSPS) is 21.6. The van der Waals surface area contributed by atoms with Crippen molar-refractivity contribution in [3.63, 3.8) is 0 Å². The maximum absolute atomic E-state index is 10.9. The number of hydrogen-bond acceptors (Lipinski definition) is 5. The maximum atomic E-state index is 10.9. The lowest BCUT2D eigenvalue weighted by Gasteiger charge is -2.28. The third kappa shape index (κ3) is 3.46. The standard InChI is InChI=1S/C14H22N4O2/c1-11-9-16(2)6-3-7-17(11)10-12-8-13(18(19)20)4-5-14(12)15/h4-5,8,11H,3,6-7,9-10,15H2,1-2H3. The summed E-state index contributed by atoms with van der Waals surface area (Å²) in [6.07, 6.45) is 1.11. The number of nitrogens with zero attached hydrogens (tertiary/aromatic N) is 3. The number of non-ortho nitro benzene ring substituents is 1. The Morgan fingerprint density at radius 1 is 1.45 bits per heavy atom. The minimum Gasteiger partial charge on any atom is -0.398 e. The lowest BCUT2D eigenvalue weighted by atomic mass is 10.1. The highest BCUT2D eigenvalue weighted by Gasteiger charge is 2.21. The van der Waals surface area contributed by atoms with Crippen LogP contribution in [-0.4, -0.2) is 47.4 Å². The number of nitro groups is 1. The first-order valence-electron chi connectivity index (χ1n) is 6.92. The summed E-state index contributed by atoms with van der Waals surface area (Å²) in [5.74, 6) is 0. The van der Waals surface area contributed by atoms with E-state index < -0.39 is 0 Å². The van der Waals surface area contributed by atoms with Crippen LogP contribution in [0.15, 0.2) is 18.2 Å². The number of anilines is 1. The Labute approximate surface area is 119 Å². The van der Waals surface area contributed by atoms with Crippen LogP contribution >= 0.6 is 0 Å². The van der Waals surface area contributed by atoms with Crippen molar-refractivity contribution >= 4 is 11.4 Å². The van der Waals surface area contributed by atoms with Crippen molar-refractivity contribution in [2.24, 2.45) is 0 Å². The van der Waals surface area contributed by atoms with E-state index in [1.165, 1.54) is 6.07 Å². The molecule has 1 saturated heterocycles. The predicted octanol–water partition coefficient (Wildman–Crippen LogP) is 1.70. The molecule has 2 N–H and O–H groups in total. The Kier molecular flexibility index (Phi) is 4.57. The lowest BCUT2D eigenvalue weighted by molar-refractivity contribution is -0.384. The highest BCUT2D eigenvalue weighted by Crippen LogP contribution is 2.22. The number of hydrogen-bond donors (Lipinski definition) is 1. The van der Waals surface area contributed by atoms with Gasteiger partial charge >= 0.3 is 0 Å². The molecule has 1 aliphatic rings. The van der Waals surface area contributed by atoms with E-state index in [9.17, 15) is 10.1 Å². The Bertz CT molecular complexity index is 492. The van der Waals surface area contributed by atoms with Crippen LogP contribution in [0.4, 0.5) is 11.4 Å². The van der Waals surface area contributed by atoms with Crippen LogP contribution < -0.4 is 5.73 Å². The van der Waals surface area contributed by atoms with Gasteiger partial charge in [0.25, 0.3) is 5.69 Å². The summed E-state index contributed by atoms with van der Waals surface area (Å²) in [5.41, 5.74) is 7.53. The van der Waals surface area contributed by atoms with Gasteiger partial charge in [0, 0.05) is 43.5 Å². The first-order valence-corrected chi connectivity index (χ1v) is 6.92. The number of benzene rings is 1. The first-order chi connectivity index (χ1) is 9.47. The molecular formula is C14H22N4O2. The van der Waals surface area contributed by atoms with Crippen LogP contribution in [-0.2, 0) is 6.54 Å². The third-order valence-electron chi connectivity index (χ3n) is 3.90. The fourth-order valence-corrected chi connectivity index (χ4v) is 2.72. The van der Waals surface area contributed by atoms with Crippen molar-refractivity contribution in [1.82, 2.24) is 9.80 Å². The van der Waals surface area contributed by atoms with Gasteiger partial charge in [-0.25, -0.2) is 0 Å². The lowest BCUT2D eigenvalue weighted by Crippen LogP contribution is -2.37. The van der Waals surface area contributed by atoms with Crippen molar-refractivity contribution in [3.8, 4) is 0 Å². The molecule has 1 unspecified atom stereocenters. The molecular weight excluding hydrogens is 256 g/mol. The third-order valence-corrected chi connectivity index (χ3v) is 3.90. The van der Waals surface area contributed by atoms with Crippen LogP contribution in [0.3, 0.4) is 0 Å². The average Bonchev–Trinajstić information content (AvgIpc) is 2.53. The van der Waals surface area contributed by atoms with E-state index in [1.54, 1.807) is 12.1 Å². The molecule has 0 amide bonds. The van der Waals surface area contributed by atoms with Gasteiger partial charge in [0.15, 0.2) is 0 Å². The van der Waals surface area contributed by atoms with Crippen LogP contribution in [0.2, 0.25) is 0 Å². The van der Waals surface area contributed by atoms with Gasteiger partial charge in [0.2, 0.25) is 0 Å². The summed E-state index contributed by atoms with van der Waals surface area (Å²) in [6, 6.07) is 5.10. The minimum atomic E-state index is -0.372. The van der Waals surface area contributed by atoms with E-state index in [1.807, 2.05) is 0 Å². The SMILES string of the molecule is CC1CN(C)CCCN1Cc1cc([N+](=O)[O-])ccc1N. The average molecular weight is 278 g/mol. The second-order valence-corrected chi connectivity index (χ2v) is 5.58. The Balaban J connectivity index is 2.16. The topological polar surface area (TPSA) is 75.6 Å². The summed E-state index contributed by atoms with van der Waals surface area (Å²) in [6.45, 7) is 5.95. The molecule has 0 aromatic heterocycles. The molecule has 20 heavy (non-hydrogen) atoms. The molecule has 1 aromatic carbocycles. The molecule has 1 heterocycles. The van der Waals surface area contributed by atoms with Crippen molar-refractivity contribution < 1.29 is 4.92 Å². The van der Waals surface area contributed by atoms with E-state index in [-0.39, 0.29) is 10.6 Å². The van der Waals surface area contributed by atoms with Crippen LogP contribution in [0.25, 0.3) is 0 Å². The molecule has 0 saturated carbocycles. The van der Waals surface area contributed by atoms with Gasteiger partial charge in [-0.05, 0) is 38.6 Å². The number of nitro benzene ring substituents is 1. The summed E-state index contributed by atoms with van der Waals surface area (Å²) >= 11 is 0. The van der Waals surface area contributed by atoms with Gasteiger partial charge in [0.05, 0.1) is 4.92 Å². The van der Waals surface area contributed by atoms with Crippen LogP contribution in [0.5, 0.6) is 0 Å². The van der Waals surface area contributed by atoms with Gasteiger partial charge in [0.1, 0.15) is 0 Å². The zero-order chi connectivity index (χ0) is 14.7. The Morgan fingerprint density at radius 3 is 2.90 bits per heavy atom. The molecule has 2 rings (SSSR count). The Morgan fingerprint density at radius 2 is 2.20 bits per heavy atom. The van der Waals surface area contributed by atoms with Crippen molar-refractivity contribution in [2.75, 3.05) is 32.4 Å². The van der Waals surface area contributed by atoms with E-state index in [0.717, 1.165) is 31.6 Å². The van der Waals surface area contributed by atoms with E-state index in [2.05, 4.69) is 23.8 Å².